The number of amides is 1. The number of nitrogens with zero attached hydrogens (tertiary/aromatic N) is 2. The van der Waals surface area contributed by atoms with Gasteiger partial charge >= 0.3 is 0 Å². The van der Waals surface area contributed by atoms with Gasteiger partial charge in [-0.15, -0.1) is 0 Å². The van der Waals surface area contributed by atoms with Gasteiger partial charge in [-0.3, -0.25) is 9.78 Å². The van der Waals surface area contributed by atoms with E-state index >= 15 is 0 Å². The van der Waals surface area contributed by atoms with Crippen LogP contribution < -0.4 is 14.8 Å². The van der Waals surface area contributed by atoms with Crippen molar-refractivity contribution in [2.45, 2.75) is 50.4 Å². The minimum absolute atomic E-state index is 0.195. The highest BCUT2D eigenvalue weighted by Crippen LogP contribution is 2.36. The first-order chi connectivity index (χ1) is 16.6. The number of fused-ring (bicyclic) bond motifs is 2. The molecule has 0 spiro atoms. The van der Waals surface area contributed by atoms with E-state index in [0.717, 1.165) is 41.0 Å². The zero-order chi connectivity index (χ0) is 23.5. The quantitative estimate of drug-likeness (QED) is 0.558. The molecule has 2 unspecified atom stereocenters. The smallest absolute Gasteiger partial charge is 0.270 e. The summed E-state index contributed by atoms with van der Waals surface area (Å²) in [7, 11) is 3.88. The van der Waals surface area contributed by atoms with Gasteiger partial charge in [0.05, 0.1) is 7.11 Å². The van der Waals surface area contributed by atoms with Gasteiger partial charge in [-0.1, -0.05) is 30.3 Å². The molecule has 1 amide bonds. The molecule has 2 aromatic carbocycles. The molecule has 2 bridgehead atoms. The Labute approximate surface area is 200 Å². The molecule has 2 aliphatic rings. The van der Waals surface area contributed by atoms with Crippen molar-refractivity contribution in [2.24, 2.45) is 0 Å². The lowest BCUT2D eigenvalue weighted by Crippen LogP contribution is -2.43. The lowest BCUT2D eigenvalue weighted by molar-refractivity contribution is 0.0661. The highest BCUT2D eigenvalue weighted by molar-refractivity contribution is 5.92. The Balaban J connectivity index is 1.16. The van der Waals surface area contributed by atoms with Crippen LogP contribution >= 0.6 is 0 Å². The molecule has 1 N–H and O–H groups in total. The Morgan fingerprint density at radius 1 is 1.00 bits per heavy atom. The van der Waals surface area contributed by atoms with Gasteiger partial charge in [-0.2, -0.15) is 0 Å². The molecule has 1 aromatic heterocycles. The monoisotopic (exact) mass is 457 g/mol. The van der Waals surface area contributed by atoms with Gasteiger partial charge in [0.25, 0.3) is 5.91 Å². The SMILES string of the molecule is COc1ccc(-c2ccc(C(=O)NCc3cccc(OC4CC5CCC(C4)N5C)c3)nc2)cc1. The number of pyridine rings is 1. The van der Waals surface area contributed by atoms with Crippen molar-refractivity contribution in [1.29, 1.82) is 0 Å². The van der Waals surface area contributed by atoms with Gasteiger partial charge in [-0.05, 0) is 74.2 Å². The number of piperidine rings is 1. The van der Waals surface area contributed by atoms with E-state index in [1.54, 1.807) is 19.4 Å². The average Bonchev–Trinajstić information content (AvgIpc) is 3.07. The van der Waals surface area contributed by atoms with Crippen molar-refractivity contribution in [3.63, 3.8) is 0 Å². The van der Waals surface area contributed by atoms with Crippen LogP contribution in [0.5, 0.6) is 11.5 Å². The number of rotatable bonds is 7. The number of carbonyl (C=O) groups is 1. The summed E-state index contributed by atoms with van der Waals surface area (Å²) < 4.78 is 11.5. The fourth-order valence-electron chi connectivity index (χ4n) is 5.13. The number of methoxy groups -OCH3 is 1. The minimum Gasteiger partial charge on any atom is -0.497 e. The van der Waals surface area contributed by atoms with E-state index in [-0.39, 0.29) is 12.0 Å². The van der Waals surface area contributed by atoms with Crippen LogP contribution in [0.25, 0.3) is 11.1 Å². The van der Waals surface area contributed by atoms with Crippen LogP contribution in [-0.4, -0.2) is 48.1 Å². The van der Waals surface area contributed by atoms with E-state index in [0.29, 0.717) is 24.3 Å². The number of benzene rings is 2. The number of hydrogen-bond acceptors (Lipinski definition) is 5. The molecule has 6 nitrogen and oxygen atoms in total. The first-order valence-electron chi connectivity index (χ1n) is 12.0. The third-order valence-corrected chi connectivity index (χ3v) is 7.13. The maximum Gasteiger partial charge on any atom is 0.270 e. The molecule has 2 fully saturated rings. The van der Waals surface area contributed by atoms with E-state index in [1.807, 2.05) is 54.6 Å². The van der Waals surface area contributed by atoms with Crippen LogP contribution in [0.3, 0.4) is 0 Å². The summed E-state index contributed by atoms with van der Waals surface area (Å²) in [5.41, 5.74) is 3.38. The number of hydrogen-bond donors (Lipinski definition) is 1. The van der Waals surface area contributed by atoms with Crippen molar-refractivity contribution in [2.75, 3.05) is 14.2 Å². The van der Waals surface area contributed by atoms with Gasteiger partial charge < -0.3 is 19.7 Å². The number of ether oxygens (including phenoxy) is 2. The number of nitrogens with one attached hydrogen (secondary N) is 1. The second-order valence-electron chi connectivity index (χ2n) is 9.25. The second-order valence-corrected chi connectivity index (χ2v) is 9.25. The lowest BCUT2D eigenvalue weighted by Gasteiger charge is -2.36. The van der Waals surface area contributed by atoms with E-state index in [9.17, 15) is 4.79 Å². The molecule has 2 aliphatic heterocycles. The molecular weight excluding hydrogens is 426 g/mol. The van der Waals surface area contributed by atoms with Crippen LogP contribution in [0, 0.1) is 0 Å². The fourth-order valence-corrected chi connectivity index (χ4v) is 5.13. The molecule has 3 aromatic rings. The first-order valence-corrected chi connectivity index (χ1v) is 12.0. The predicted octanol–water partition coefficient (Wildman–Crippen LogP) is 4.69. The van der Waals surface area contributed by atoms with Crippen LogP contribution in [0.1, 0.15) is 41.7 Å². The molecule has 0 radical (unpaired) electrons. The van der Waals surface area contributed by atoms with Crippen molar-refractivity contribution < 1.29 is 14.3 Å². The van der Waals surface area contributed by atoms with Crippen LogP contribution in [-0.2, 0) is 6.54 Å². The number of carbonyl (C=O) groups excluding carboxylic acids is 1. The largest absolute Gasteiger partial charge is 0.497 e. The molecule has 5 rings (SSSR count). The normalized spacial score (nSPS) is 21.8. The second kappa shape index (κ2) is 9.85. The van der Waals surface area contributed by atoms with Crippen molar-refractivity contribution in [3.05, 3.63) is 78.1 Å². The highest BCUT2D eigenvalue weighted by Gasteiger charge is 2.39. The minimum atomic E-state index is -0.195. The van der Waals surface area contributed by atoms with E-state index in [1.165, 1.54) is 12.8 Å². The van der Waals surface area contributed by atoms with Gasteiger partial charge in [0.1, 0.15) is 23.3 Å². The van der Waals surface area contributed by atoms with Gasteiger partial charge in [0.15, 0.2) is 0 Å². The number of aromatic nitrogens is 1. The van der Waals surface area contributed by atoms with E-state index < -0.39 is 0 Å². The Kier molecular flexibility index (Phi) is 6.50. The third kappa shape index (κ3) is 4.92. The molecule has 6 heteroatoms. The van der Waals surface area contributed by atoms with E-state index in [4.69, 9.17) is 9.47 Å². The predicted molar refractivity (Wildman–Crippen MR) is 132 cm³/mol. The van der Waals surface area contributed by atoms with Crippen molar-refractivity contribution in [1.82, 2.24) is 15.2 Å². The van der Waals surface area contributed by atoms with Gasteiger partial charge in [0, 0.05) is 30.4 Å². The molecule has 2 saturated heterocycles. The van der Waals surface area contributed by atoms with Crippen molar-refractivity contribution >= 4 is 5.91 Å². The third-order valence-electron chi connectivity index (χ3n) is 7.13. The molecule has 34 heavy (non-hydrogen) atoms. The summed E-state index contributed by atoms with van der Waals surface area (Å²) in [5.74, 6) is 1.49. The lowest BCUT2D eigenvalue weighted by atomic mass is 10.0. The zero-order valence-electron chi connectivity index (χ0n) is 19.7. The molecule has 0 saturated carbocycles. The maximum atomic E-state index is 12.6. The molecule has 2 atom stereocenters. The fraction of sp³-hybridized carbons (Fsp3) is 0.357. The topological polar surface area (TPSA) is 63.7 Å². The Hall–Kier alpha value is -3.38. The van der Waals surface area contributed by atoms with Crippen LogP contribution in [0.2, 0.25) is 0 Å². The van der Waals surface area contributed by atoms with Crippen LogP contribution in [0.15, 0.2) is 66.9 Å². The van der Waals surface area contributed by atoms with Crippen molar-refractivity contribution in [3.8, 4) is 22.6 Å². The summed E-state index contributed by atoms with van der Waals surface area (Å²) in [5, 5.41) is 2.97. The summed E-state index contributed by atoms with van der Waals surface area (Å²) >= 11 is 0. The Morgan fingerprint density at radius 3 is 2.41 bits per heavy atom. The Morgan fingerprint density at radius 2 is 1.74 bits per heavy atom. The summed E-state index contributed by atoms with van der Waals surface area (Å²) in [6, 6.07) is 20.7. The highest BCUT2D eigenvalue weighted by atomic mass is 16.5. The molecule has 176 valence electrons. The summed E-state index contributed by atoms with van der Waals surface area (Å²) in [4.78, 5) is 19.5. The maximum absolute atomic E-state index is 12.6. The first kappa shape index (κ1) is 22.4. The van der Waals surface area contributed by atoms with E-state index in [2.05, 4.69) is 22.2 Å². The van der Waals surface area contributed by atoms with Gasteiger partial charge in [-0.25, -0.2) is 0 Å². The van der Waals surface area contributed by atoms with Gasteiger partial charge in [0.2, 0.25) is 0 Å². The summed E-state index contributed by atoms with van der Waals surface area (Å²) in [6.45, 7) is 0.427. The van der Waals surface area contributed by atoms with Crippen LogP contribution in [0.4, 0.5) is 0 Å². The molecule has 0 aliphatic carbocycles. The molecular formula is C28H31N3O3. The standard InChI is InChI=1S/C28H31N3O3/c1-31-22-9-10-23(31)16-26(15-22)34-25-5-3-4-19(14-25)17-30-28(32)27-13-8-21(18-29-27)20-6-11-24(33-2)12-7-20/h3-8,11-14,18,22-23,26H,9-10,15-17H2,1-2H3,(H,30,32). The molecule has 3 heterocycles. The Bertz CT molecular complexity index is 1120. The summed E-state index contributed by atoms with van der Waals surface area (Å²) in [6.07, 6.45) is 6.73. The average molecular weight is 458 g/mol. The zero-order valence-corrected chi connectivity index (χ0v) is 19.7.